The Labute approximate surface area is 345 Å². The summed E-state index contributed by atoms with van der Waals surface area (Å²) >= 11 is 0. The van der Waals surface area contributed by atoms with Crippen molar-refractivity contribution in [3.63, 3.8) is 0 Å². The third-order valence-electron chi connectivity index (χ3n) is 11.5. The lowest BCUT2D eigenvalue weighted by atomic mass is 9.93. The van der Waals surface area contributed by atoms with E-state index in [1.54, 1.807) is 28.9 Å². The number of ether oxygens (including phenoxy) is 4. The van der Waals surface area contributed by atoms with Gasteiger partial charge in [-0.3, -0.25) is 28.9 Å². The number of benzene rings is 1. The summed E-state index contributed by atoms with van der Waals surface area (Å²) in [5.74, 6) is -1.79. The first-order chi connectivity index (χ1) is 28.5. The number of rotatable bonds is 16. The number of likely N-dealkylation sites (tertiary alicyclic amines) is 1. The van der Waals surface area contributed by atoms with E-state index in [0.29, 0.717) is 56.5 Å². The molecule has 59 heavy (non-hydrogen) atoms. The maximum absolute atomic E-state index is 14.1. The van der Waals surface area contributed by atoms with E-state index in [1.165, 1.54) is 11.0 Å². The van der Waals surface area contributed by atoms with E-state index in [-0.39, 0.29) is 87.6 Å². The Balaban J connectivity index is 1.15. The number of pyridine rings is 1. The molecule has 17 nitrogen and oxygen atoms in total. The number of esters is 1. The Kier molecular flexibility index (Phi) is 15.3. The van der Waals surface area contributed by atoms with Gasteiger partial charge in [-0.05, 0) is 76.5 Å². The largest absolute Gasteiger partial charge is 0.483 e. The van der Waals surface area contributed by atoms with E-state index in [2.05, 4.69) is 20.5 Å². The van der Waals surface area contributed by atoms with Crippen molar-refractivity contribution >= 4 is 46.6 Å². The second-order valence-corrected chi connectivity index (χ2v) is 15.7. The van der Waals surface area contributed by atoms with Crippen molar-refractivity contribution in [2.75, 3.05) is 78.8 Å². The van der Waals surface area contributed by atoms with Crippen molar-refractivity contribution < 1.29 is 47.7 Å². The van der Waals surface area contributed by atoms with Gasteiger partial charge in [0.25, 0.3) is 11.8 Å². The lowest BCUT2D eigenvalue weighted by Crippen LogP contribution is -2.56. The molecule has 1 aliphatic carbocycles. The maximum atomic E-state index is 14.1. The monoisotopic (exact) mass is 821 g/mol. The van der Waals surface area contributed by atoms with Crippen LogP contribution < -0.4 is 15.4 Å². The second-order valence-electron chi connectivity index (χ2n) is 15.7. The normalized spacial score (nSPS) is 19.7. The van der Waals surface area contributed by atoms with Crippen LogP contribution in [0.15, 0.2) is 24.3 Å². The molecule has 3 unspecified atom stereocenters. The number of hydrogen-bond donors (Lipinski definition) is 2. The highest BCUT2D eigenvalue weighted by Crippen LogP contribution is 2.28. The molecule has 2 N–H and O–H groups in total. The van der Waals surface area contributed by atoms with E-state index < -0.39 is 36.0 Å². The van der Waals surface area contributed by atoms with Gasteiger partial charge in [0.15, 0.2) is 6.61 Å². The third kappa shape index (κ3) is 11.6. The van der Waals surface area contributed by atoms with Crippen LogP contribution in [-0.2, 0) is 33.4 Å². The zero-order valence-electron chi connectivity index (χ0n) is 34.6. The fourth-order valence-corrected chi connectivity index (χ4v) is 7.81. The quantitative estimate of drug-likeness (QED) is 0.236. The van der Waals surface area contributed by atoms with Gasteiger partial charge in [-0.2, -0.15) is 0 Å². The summed E-state index contributed by atoms with van der Waals surface area (Å²) in [4.78, 5) is 91.7. The summed E-state index contributed by atoms with van der Waals surface area (Å²) in [6, 6.07) is 5.41. The van der Waals surface area contributed by atoms with Crippen molar-refractivity contribution in [3.05, 3.63) is 35.5 Å². The highest BCUT2D eigenvalue weighted by molar-refractivity contribution is 5.99. The van der Waals surface area contributed by atoms with Crippen LogP contribution in [0.5, 0.6) is 5.75 Å². The molecule has 5 amide bonds. The SMILES string of the molecule is CCOC(=O)N1CCN(C(=O)C(CCC(=O)OC(CC)CN2CCOCC2)NC(=O)c2cc(OCC(=O)N3CCCC3C(=O)NC3CCC3)c3ccc(C)cc3n2)CC1. The molecule has 3 atom stereocenters. The Bertz CT molecular complexity index is 1830. The molecule has 3 aliphatic heterocycles. The molecule has 4 fully saturated rings. The summed E-state index contributed by atoms with van der Waals surface area (Å²) in [6.45, 7) is 10.2. The second kappa shape index (κ2) is 20.8. The average molecular weight is 822 g/mol. The zero-order valence-corrected chi connectivity index (χ0v) is 34.6. The van der Waals surface area contributed by atoms with Crippen LogP contribution in [0.3, 0.4) is 0 Å². The first-order valence-corrected chi connectivity index (χ1v) is 21.2. The molecule has 0 radical (unpaired) electrons. The van der Waals surface area contributed by atoms with Crippen LogP contribution in [0.4, 0.5) is 4.79 Å². The van der Waals surface area contributed by atoms with Gasteiger partial charge in [0.2, 0.25) is 11.8 Å². The summed E-state index contributed by atoms with van der Waals surface area (Å²) < 4.78 is 22.5. The minimum absolute atomic E-state index is 0.0363. The molecule has 0 spiro atoms. The molecule has 6 rings (SSSR count). The van der Waals surface area contributed by atoms with Gasteiger partial charge >= 0.3 is 12.1 Å². The lowest BCUT2D eigenvalue weighted by molar-refractivity contribution is -0.151. The highest BCUT2D eigenvalue weighted by Gasteiger charge is 2.36. The van der Waals surface area contributed by atoms with Crippen molar-refractivity contribution in [3.8, 4) is 5.75 Å². The van der Waals surface area contributed by atoms with E-state index >= 15 is 0 Å². The molecule has 1 aromatic heterocycles. The first kappa shape index (κ1) is 43.5. The molecule has 4 aliphatic rings. The molecule has 17 heteroatoms. The maximum Gasteiger partial charge on any atom is 0.409 e. The Morgan fingerprint density at radius 3 is 2.36 bits per heavy atom. The van der Waals surface area contributed by atoms with E-state index in [0.717, 1.165) is 37.9 Å². The smallest absolute Gasteiger partial charge is 0.409 e. The van der Waals surface area contributed by atoms with Crippen molar-refractivity contribution in [1.82, 2.24) is 35.2 Å². The number of aryl methyl sites for hydroxylation is 1. The summed E-state index contributed by atoms with van der Waals surface area (Å²) in [5, 5.41) is 6.47. The van der Waals surface area contributed by atoms with Gasteiger partial charge in [-0.15, -0.1) is 0 Å². The Hall–Kier alpha value is -5.03. The minimum atomic E-state index is -1.12. The number of aromatic nitrogens is 1. The highest BCUT2D eigenvalue weighted by atomic mass is 16.6. The molecular weight excluding hydrogens is 763 g/mol. The number of carbonyl (C=O) groups excluding carboxylic acids is 6. The van der Waals surface area contributed by atoms with Crippen LogP contribution in [0.25, 0.3) is 10.9 Å². The van der Waals surface area contributed by atoms with Gasteiger partial charge in [0, 0.05) is 76.3 Å². The number of nitrogens with zero attached hydrogens (tertiary/aromatic N) is 5. The molecular formula is C42H59N7O10. The van der Waals surface area contributed by atoms with Crippen LogP contribution in [0.1, 0.15) is 81.3 Å². The van der Waals surface area contributed by atoms with Crippen LogP contribution in [0.2, 0.25) is 0 Å². The van der Waals surface area contributed by atoms with Crippen LogP contribution in [-0.4, -0.2) is 163 Å². The predicted octanol–water partition coefficient (Wildman–Crippen LogP) is 2.42. The number of fused-ring (bicyclic) bond motifs is 1. The van der Waals surface area contributed by atoms with Crippen LogP contribution in [0, 0.1) is 6.92 Å². The van der Waals surface area contributed by atoms with Gasteiger partial charge in [0.1, 0.15) is 29.6 Å². The number of nitrogens with one attached hydrogen (secondary N) is 2. The van der Waals surface area contributed by atoms with E-state index in [4.69, 9.17) is 18.9 Å². The number of piperazine rings is 1. The standard InChI is InChI=1S/C42H59N7O10/c1-4-30(26-46-20-22-56-23-21-46)59-38(51)14-13-32(41(54)47-16-18-48(19-17-47)42(55)57-5-2)45-39(52)34-25-36(31-12-11-28(3)24-33(31)44-34)58-27-37(50)49-15-7-10-35(49)40(53)43-29-8-6-9-29/h11-12,24-25,29-30,32,35H,4-10,13-23,26-27H2,1-3H3,(H,43,53)(H,45,52). The Morgan fingerprint density at radius 2 is 1.66 bits per heavy atom. The summed E-state index contributed by atoms with van der Waals surface area (Å²) in [6.07, 6.45) is 3.93. The van der Waals surface area contributed by atoms with E-state index in [1.807, 2.05) is 19.9 Å². The molecule has 4 heterocycles. The number of carbonyl (C=O) groups is 6. The van der Waals surface area contributed by atoms with Gasteiger partial charge in [-0.1, -0.05) is 13.0 Å². The molecule has 1 aromatic carbocycles. The minimum Gasteiger partial charge on any atom is -0.483 e. The number of amides is 5. The third-order valence-corrected chi connectivity index (χ3v) is 11.5. The van der Waals surface area contributed by atoms with Crippen molar-refractivity contribution in [2.24, 2.45) is 0 Å². The topological polar surface area (TPSA) is 189 Å². The lowest BCUT2D eigenvalue weighted by Gasteiger charge is -2.36. The first-order valence-electron chi connectivity index (χ1n) is 21.2. The average Bonchev–Trinajstić information content (AvgIpc) is 3.73. The van der Waals surface area contributed by atoms with Gasteiger partial charge in [0.05, 0.1) is 25.3 Å². The fraction of sp³-hybridized carbons (Fsp3) is 0.643. The van der Waals surface area contributed by atoms with E-state index in [9.17, 15) is 28.8 Å². The van der Waals surface area contributed by atoms with Gasteiger partial charge < -0.3 is 44.3 Å². The summed E-state index contributed by atoms with van der Waals surface area (Å²) in [5.41, 5.74) is 1.29. The van der Waals surface area contributed by atoms with Crippen molar-refractivity contribution in [1.29, 1.82) is 0 Å². The fourth-order valence-electron chi connectivity index (χ4n) is 7.81. The van der Waals surface area contributed by atoms with Crippen LogP contribution >= 0.6 is 0 Å². The molecule has 322 valence electrons. The summed E-state index contributed by atoms with van der Waals surface area (Å²) in [7, 11) is 0. The van der Waals surface area contributed by atoms with Crippen molar-refractivity contribution in [2.45, 2.75) is 96.4 Å². The predicted molar refractivity (Wildman–Crippen MR) is 216 cm³/mol. The molecule has 0 bridgehead atoms. The molecule has 3 saturated heterocycles. The van der Waals surface area contributed by atoms with Gasteiger partial charge in [-0.25, -0.2) is 9.78 Å². The molecule has 2 aromatic rings. The Morgan fingerprint density at radius 1 is 0.915 bits per heavy atom. The molecule has 1 saturated carbocycles. The number of morpholine rings is 1. The number of hydrogen-bond acceptors (Lipinski definition) is 12. The zero-order chi connectivity index (χ0) is 41.9.